The number of hydrogen-bond donors (Lipinski definition) is 0. The fourth-order valence-electron chi connectivity index (χ4n) is 3.22. The molecule has 2 aromatic rings. The van der Waals surface area contributed by atoms with E-state index in [1.165, 1.54) is 6.33 Å². The van der Waals surface area contributed by atoms with E-state index in [1.807, 2.05) is 49.2 Å². The van der Waals surface area contributed by atoms with Crippen LogP contribution < -0.4 is 4.90 Å². The van der Waals surface area contributed by atoms with Gasteiger partial charge in [-0.1, -0.05) is 30.3 Å². The molecule has 1 aromatic carbocycles. The van der Waals surface area contributed by atoms with Gasteiger partial charge in [-0.2, -0.15) is 0 Å². The molecular formula is C19H24N4O3S. The first kappa shape index (κ1) is 19.3. The molecule has 1 saturated heterocycles. The van der Waals surface area contributed by atoms with Crippen molar-refractivity contribution < 1.29 is 13.2 Å². The molecule has 0 saturated carbocycles. The Morgan fingerprint density at radius 2 is 1.96 bits per heavy atom. The quantitative estimate of drug-likeness (QED) is 0.750. The van der Waals surface area contributed by atoms with Crippen molar-refractivity contribution in [3.63, 3.8) is 0 Å². The zero-order chi connectivity index (χ0) is 19.4. The van der Waals surface area contributed by atoms with E-state index in [-0.39, 0.29) is 23.5 Å². The maximum atomic E-state index is 12.9. The van der Waals surface area contributed by atoms with Gasteiger partial charge in [0.25, 0.3) is 5.91 Å². The van der Waals surface area contributed by atoms with E-state index in [0.29, 0.717) is 31.0 Å². The number of hydrogen-bond acceptors (Lipinski definition) is 6. The van der Waals surface area contributed by atoms with Crippen molar-refractivity contribution in [2.45, 2.75) is 25.9 Å². The molecule has 1 aromatic heterocycles. The van der Waals surface area contributed by atoms with E-state index in [0.717, 1.165) is 5.56 Å². The van der Waals surface area contributed by atoms with Crippen LogP contribution in [0.25, 0.3) is 0 Å². The van der Waals surface area contributed by atoms with Gasteiger partial charge in [0.15, 0.2) is 9.84 Å². The SMILES string of the molecule is CCN(Cc1ccccc1)C(=O)c1cc(N(C)C2CCS(=O)(=O)C2)ncn1. The Hall–Kier alpha value is -2.48. The van der Waals surface area contributed by atoms with Crippen LogP contribution in [0.4, 0.5) is 5.82 Å². The predicted octanol–water partition coefficient (Wildman–Crippen LogP) is 1.76. The van der Waals surface area contributed by atoms with Crippen molar-refractivity contribution in [2.24, 2.45) is 0 Å². The average Bonchev–Trinajstić information content (AvgIpc) is 3.05. The van der Waals surface area contributed by atoms with Gasteiger partial charge in [0, 0.05) is 32.2 Å². The molecule has 0 radical (unpaired) electrons. The fraction of sp³-hybridized carbons (Fsp3) is 0.421. The van der Waals surface area contributed by atoms with Crippen molar-refractivity contribution >= 4 is 21.6 Å². The minimum Gasteiger partial charge on any atom is -0.356 e. The molecule has 1 unspecified atom stereocenters. The second-order valence-corrected chi connectivity index (χ2v) is 8.96. The number of carbonyl (C=O) groups is 1. The summed E-state index contributed by atoms with van der Waals surface area (Å²) in [7, 11) is -1.18. The highest BCUT2D eigenvalue weighted by Gasteiger charge is 2.31. The van der Waals surface area contributed by atoms with E-state index in [9.17, 15) is 13.2 Å². The maximum absolute atomic E-state index is 12.9. The first-order chi connectivity index (χ1) is 12.9. The third-order valence-electron chi connectivity index (χ3n) is 4.87. The largest absolute Gasteiger partial charge is 0.356 e. The summed E-state index contributed by atoms with van der Waals surface area (Å²) in [6, 6.07) is 11.3. The Bertz CT molecular complexity index is 902. The molecule has 1 fully saturated rings. The maximum Gasteiger partial charge on any atom is 0.272 e. The summed E-state index contributed by atoms with van der Waals surface area (Å²) in [6.45, 7) is 2.99. The van der Waals surface area contributed by atoms with Crippen LogP contribution in [0, 0.1) is 0 Å². The van der Waals surface area contributed by atoms with Crippen molar-refractivity contribution in [1.29, 1.82) is 0 Å². The molecule has 0 spiro atoms. The number of nitrogens with zero attached hydrogens (tertiary/aromatic N) is 4. The third-order valence-corrected chi connectivity index (χ3v) is 6.62. The molecule has 0 aliphatic carbocycles. The van der Waals surface area contributed by atoms with E-state index in [4.69, 9.17) is 0 Å². The van der Waals surface area contributed by atoms with E-state index in [1.54, 1.807) is 11.0 Å². The van der Waals surface area contributed by atoms with Crippen LogP contribution in [0.2, 0.25) is 0 Å². The lowest BCUT2D eigenvalue weighted by Gasteiger charge is -2.25. The second-order valence-electron chi connectivity index (χ2n) is 6.73. The molecule has 8 heteroatoms. The molecule has 1 amide bonds. The Labute approximate surface area is 160 Å². The van der Waals surface area contributed by atoms with Gasteiger partial charge in [0.2, 0.25) is 0 Å². The molecule has 27 heavy (non-hydrogen) atoms. The Balaban J connectivity index is 1.76. The third kappa shape index (κ3) is 4.63. The average molecular weight is 388 g/mol. The molecule has 0 N–H and O–H groups in total. The first-order valence-corrected chi connectivity index (χ1v) is 10.8. The zero-order valence-corrected chi connectivity index (χ0v) is 16.4. The molecule has 3 rings (SSSR count). The number of sulfone groups is 1. The smallest absolute Gasteiger partial charge is 0.272 e. The highest BCUT2D eigenvalue weighted by atomic mass is 32.2. The highest BCUT2D eigenvalue weighted by molar-refractivity contribution is 7.91. The Morgan fingerprint density at radius 1 is 1.22 bits per heavy atom. The van der Waals surface area contributed by atoms with E-state index < -0.39 is 9.84 Å². The summed E-state index contributed by atoms with van der Waals surface area (Å²) < 4.78 is 23.5. The van der Waals surface area contributed by atoms with Crippen molar-refractivity contribution in [1.82, 2.24) is 14.9 Å². The normalized spacial score (nSPS) is 18.2. The number of rotatable bonds is 6. The molecule has 144 valence electrons. The second kappa shape index (κ2) is 8.04. The van der Waals surface area contributed by atoms with Crippen LogP contribution >= 0.6 is 0 Å². The van der Waals surface area contributed by atoms with Crippen LogP contribution in [0.1, 0.15) is 29.4 Å². The molecule has 7 nitrogen and oxygen atoms in total. The topological polar surface area (TPSA) is 83.5 Å². The van der Waals surface area contributed by atoms with Gasteiger partial charge in [-0.05, 0) is 18.9 Å². The lowest BCUT2D eigenvalue weighted by molar-refractivity contribution is 0.0746. The summed E-state index contributed by atoms with van der Waals surface area (Å²) in [5.41, 5.74) is 1.36. The summed E-state index contributed by atoms with van der Waals surface area (Å²) in [5.74, 6) is 0.703. The number of benzene rings is 1. The van der Waals surface area contributed by atoms with Crippen LogP contribution in [-0.4, -0.2) is 60.3 Å². The van der Waals surface area contributed by atoms with Crippen LogP contribution in [0.3, 0.4) is 0 Å². The summed E-state index contributed by atoms with van der Waals surface area (Å²) in [5, 5.41) is 0. The molecule has 1 aliphatic rings. The Morgan fingerprint density at radius 3 is 2.59 bits per heavy atom. The van der Waals surface area contributed by atoms with Crippen LogP contribution in [-0.2, 0) is 16.4 Å². The number of carbonyl (C=O) groups excluding carboxylic acids is 1. The van der Waals surface area contributed by atoms with E-state index in [2.05, 4.69) is 9.97 Å². The lowest BCUT2D eigenvalue weighted by Crippen LogP contribution is -2.34. The minimum atomic E-state index is -2.99. The van der Waals surface area contributed by atoms with Crippen molar-refractivity contribution in [3.05, 3.63) is 54.0 Å². The van der Waals surface area contributed by atoms with Gasteiger partial charge in [-0.15, -0.1) is 0 Å². The van der Waals surface area contributed by atoms with Gasteiger partial charge in [0.1, 0.15) is 17.8 Å². The molecule has 1 aliphatic heterocycles. The summed E-state index contributed by atoms with van der Waals surface area (Å²) in [6.07, 6.45) is 1.93. The molecule has 0 bridgehead atoms. The van der Waals surface area contributed by atoms with Gasteiger partial charge in [0.05, 0.1) is 11.5 Å². The standard InChI is InChI=1S/C19H24N4O3S/c1-3-23(12-15-7-5-4-6-8-15)19(24)17-11-18(21-14-20-17)22(2)16-9-10-27(25,26)13-16/h4-8,11,14,16H,3,9-10,12-13H2,1-2H3. The first-order valence-electron chi connectivity index (χ1n) is 8.98. The molecule has 2 heterocycles. The number of aromatic nitrogens is 2. The fourth-order valence-corrected chi connectivity index (χ4v) is 4.99. The van der Waals surface area contributed by atoms with Crippen molar-refractivity contribution in [3.8, 4) is 0 Å². The van der Waals surface area contributed by atoms with Crippen LogP contribution in [0.5, 0.6) is 0 Å². The molecular weight excluding hydrogens is 364 g/mol. The Kier molecular flexibility index (Phi) is 5.74. The van der Waals surface area contributed by atoms with Gasteiger partial charge in [-0.25, -0.2) is 18.4 Å². The number of anilines is 1. The van der Waals surface area contributed by atoms with Crippen molar-refractivity contribution in [2.75, 3.05) is 30.0 Å². The molecule has 1 atom stereocenters. The summed E-state index contributed by atoms with van der Waals surface area (Å²) in [4.78, 5) is 24.8. The van der Waals surface area contributed by atoms with Crippen LogP contribution in [0.15, 0.2) is 42.7 Å². The van der Waals surface area contributed by atoms with Gasteiger partial charge < -0.3 is 9.80 Å². The predicted molar refractivity (Wildman–Crippen MR) is 104 cm³/mol. The number of amides is 1. The zero-order valence-electron chi connectivity index (χ0n) is 15.6. The monoisotopic (exact) mass is 388 g/mol. The summed E-state index contributed by atoms with van der Waals surface area (Å²) >= 11 is 0. The van der Waals surface area contributed by atoms with E-state index >= 15 is 0 Å². The van der Waals surface area contributed by atoms with Gasteiger partial charge in [-0.3, -0.25) is 4.79 Å². The minimum absolute atomic E-state index is 0.117. The highest BCUT2D eigenvalue weighted by Crippen LogP contribution is 2.22. The lowest BCUT2D eigenvalue weighted by atomic mass is 10.2. The van der Waals surface area contributed by atoms with Gasteiger partial charge >= 0.3 is 0 Å².